The van der Waals surface area contributed by atoms with Gasteiger partial charge >= 0.3 is 0 Å². The van der Waals surface area contributed by atoms with E-state index in [0.717, 1.165) is 0 Å². The average molecular weight is 359 g/mol. The standard InChI is InChI=1S/C22H49N3/c1-4-7-8-9-10-11-12-13-14-15-17-24-19-22-25(20-6-3)21-18-23-16-5-2/h23-24H,4-22H2,1-3H3/p+3. The first-order valence-corrected chi connectivity index (χ1v) is 11.8. The van der Waals surface area contributed by atoms with Gasteiger partial charge in [0.1, 0.15) is 26.2 Å². The van der Waals surface area contributed by atoms with Crippen molar-refractivity contribution in [2.75, 3.05) is 45.8 Å². The largest absolute Gasteiger partial charge is 0.342 e. The highest BCUT2D eigenvalue weighted by Crippen LogP contribution is 2.09. The molecule has 0 aliphatic rings. The van der Waals surface area contributed by atoms with Crippen molar-refractivity contribution in [3.05, 3.63) is 0 Å². The molecule has 0 fully saturated rings. The third kappa shape index (κ3) is 20.0. The van der Waals surface area contributed by atoms with Gasteiger partial charge in [0.15, 0.2) is 0 Å². The lowest BCUT2D eigenvalue weighted by Crippen LogP contribution is -3.16. The fourth-order valence-corrected chi connectivity index (χ4v) is 3.61. The maximum absolute atomic E-state index is 2.57. The molecule has 0 bridgehead atoms. The van der Waals surface area contributed by atoms with Gasteiger partial charge < -0.3 is 15.5 Å². The molecule has 0 aliphatic heterocycles. The van der Waals surface area contributed by atoms with E-state index in [9.17, 15) is 0 Å². The van der Waals surface area contributed by atoms with Gasteiger partial charge in [-0.05, 0) is 25.7 Å². The monoisotopic (exact) mass is 358 g/mol. The SMILES string of the molecule is CCCCCCCCCCCC[NH2+]CC[NH+](CCC)CC[NH2+]CCC. The molecule has 0 radical (unpaired) electrons. The molecule has 1 atom stereocenters. The number of quaternary nitrogens is 3. The first kappa shape index (κ1) is 24.9. The molecule has 1 unspecified atom stereocenters. The van der Waals surface area contributed by atoms with E-state index in [-0.39, 0.29) is 0 Å². The van der Waals surface area contributed by atoms with Gasteiger partial charge in [-0.3, -0.25) is 0 Å². The van der Waals surface area contributed by atoms with Crippen LogP contribution >= 0.6 is 0 Å². The normalized spacial score (nSPS) is 12.6. The smallest absolute Gasteiger partial charge is 0.127 e. The van der Waals surface area contributed by atoms with Crippen LogP contribution in [0.15, 0.2) is 0 Å². The highest BCUT2D eigenvalue weighted by atomic mass is 15.1. The molecule has 25 heavy (non-hydrogen) atoms. The fourth-order valence-electron chi connectivity index (χ4n) is 3.61. The Morgan fingerprint density at radius 1 is 0.440 bits per heavy atom. The molecule has 3 nitrogen and oxygen atoms in total. The number of unbranched alkanes of at least 4 members (excludes halogenated alkanes) is 9. The van der Waals surface area contributed by atoms with Crippen LogP contribution in [0.5, 0.6) is 0 Å². The van der Waals surface area contributed by atoms with E-state index in [2.05, 4.69) is 31.4 Å². The van der Waals surface area contributed by atoms with Gasteiger partial charge in [0, 0.05) is 0 Å². The molecular weight excluding hydrogens is 306 g/mol. The minimum absolute atomic E-state index is 1.30. The van der Waals surface area contributed by atoms with Gasteiger partial charge in [-0.15, -0.1) is 0 Å². The molecule has 0 rings (SSSR count). The summed E-state index contributed by atoms with van der Waals surface area (Å²) in [4.78, 5) is 1.81. The van der Waals surface area contributed by atoms with E-state index in [4.69, 9.17) is 0 Å². The number of hydrogen-bond acceptors (Lipinski definition) is 0. The number of rotatable bonds is 21. The second-order valence-corrected chi connectivity index (χ2v) is 7.91. The summed E-state index contributed by atoms with van der Waals surface area (Å²) in [6, 6.07) is 0. The predicted molar refractivity (Wildman–Crippen MR) is 111 cm³/mol. The summed E-state index contributed by atoms with van der Waals surface area (Å²) in [6.07, 6.45) is 17.1. The highest BCUT2D eigenvalue weighted by molar-refractivity contribution is 4.46. The van der Waals surface area contributed by atoms with E-state index in [0.29, 0.717) is 0 Å². The predicted octanol–water partition coefficient (Wildman–Crippen LogP) is 1.74. The van der Waals surface area contributed by atoms with Crippen LogP contribution in [0, 0.1) is 0 Å². The topological polar surface area (TPSA) is 37.7 Å². The zero-order chi connectivity index (χ0) is 18.4. The third-order valence-corrected chi connectivity index (χ3v) is 5.26. The van der Waals surface area contributed by atoms with Crippen LogP contribution in [-0.4, -0.2) is 45.8 Å². The van der Waals surface area contributed by atoms with Gasteiger partial charge in [0.2, 0.25) is 0 Å². The lowest BCUT2D eigenvalue weighted by molar-refractivity contribution is -0.923. The van der Waals surface area contributed by atoms with Crippen molar-refractivity contribution in [3.63, 3.8) is 0 Å². The summed E-state index contributed by atoms with van der Waals surface area (Å²) in [7, 11) is 0. The Morgan fingerprint density at radius 3 is 1.48 bits per heavy atom. The first-order chi connectivity index (χ1) is 12.3. The highest BCUT2D eigenvalue weighted by Gasteiger charge is 2.08. The second-order valence-electron chi connectivity index (χ2n) is 7.91. The number of nitrogens with two attached hydrogens (primary N) is 2. The first-order valence-electron chi connectivity index (χ1n) is 11.8. The molecular formula is C22H52N3+3. The van der Waals surface area contributed by atoms with Gasteiger partial charge in [0.05, 0.1) is 19.6 Å². The summed E-state index contributed by atoms with van der Waals surface area (Å²) in [6.45, 7) is 16.2. The van der Waals surface area contributed by atoms with Crippen LogP contribution in [0.2, 0.25) is 0 Å². The maximum Gasteiger partial charge on any atom is 0.127 e. The van der Waals surface area contributed by atoms with Crippen molar-refractivity contribution < 1.29 is 15.5 Å². The Morgan fingerprint density at radius 2 is 0.960 bits per heavy atom. The summed E-state index contributed by atoms with van der Waals surface area (Å²) >= 11 is 0. The van der Waals surface area contributed by atoms with Crippen molar-refractivity contribution in [2.24, 2.45) is 0 Å². The maximum atomic E-state index is 2.57. The van der Waals surface area contributed by atoms with Crippen molar-refractivity contribution >= 4 is 0 Å². The molecule has 0 heterocycles. The fraction of sp³-hybridized carbons (Fsp3) is 1.00. The van der Waals surface area contributed by atoms with Crippen molar-refractivity contribution in [3.8, 4) is 0 Å². The van der Waals surface area contributed by atoms with E-state index < -0.39 is 0 Å². The van der Waals surface area contributed by atoms with Gasteiger partial charge in [-0.25, -0.2) is 0 Å². The Kier molecular flexibility index (Phi) is 21.8. The van der Waals surface area contributed by atoms with E-state index in [1.54, 1.807) is 0 Å². The minimum atomic E-state index is 1.30. The lowest BCUT2D eigenvalue weighted by Gasteiger charge is -2.17. The average Bonchev–Trinajstić information content (AvgIpc) is 2.62. The molecule has 0 aromatic carbocycles. The summed E-state index contributed by atoms with van der Waals surface area (Å²) in [5.74, 6) is 0. The Bertz CT molecular complexity index is 233. The Hall–Kier alpha value is -0.120. The Labute approximate surface area is 159 Å². The molecule has 0 amide bonds. The molecule has 152 valence electrons. The van der Waals surface area contributed by atoms with Crippen LogP contribution in [0.25, 0.3) is 0 Å². The van der Waals surface area contributed by atoms with E-state index in [1.165, 1.54) is 123 Å². The third-order valence-electron chi connectivity index (χ3n) is 5.26. The van der Waals surface area contributed by atoms with Gasteiger partial charge in [-0.1, -0.05) is 72.1 Å². The number of nitrogens with one attached hydrogen (secondary N) is 1. The molecule has 0 aliphatic carbocycles. The molecule has 0 saturated heterocycles. The molecule has 5 N–H and O–H groups in total. The molecule has 0 spiro atoms. The zero-order valence-electron chi connectivity index (χ0n) is 18.1. The summed E-state index contributed by atoms with van der Waals surface area (Å²) in [5.41, 5.74) is 0. The van der Waals surface area contributed by atoms with Crippen LogP contribution in [0.1, 0.15) is 97.8 Å². The van der Waals surface area contributed by atoms with Crippen molar-refractivity contribution in [1.82, 2.24) is 0 Å². The van der Waals surface area contributed by atoms with E-state index in [1.807, 2.05) is 4.90 Å². The van der Waals surface area contributed by atoms with Gasteiger partial charge in [-0.2, -0.15) is 0 Å². The summed E-state index contributed by atoms with van der Waals surface area (Å²) < 4.78 is 0. The van der Waals surface area contributed by atoms with Crippen molar-refractivity contribution in [2.45, 2.75) is 97.8 Å². The molecule has 0 saturated carbocycles. The summed E-state index contributed by atoms with van der Waals surface area (Å²) in [5, 5.41) is 5.05. The van der Waals surface area contributed by atoms with Crippen LogP contribution in [-0.2, 0) is 0 Å². The molecule has 0 aromatic heterocycles. The van der Waals surface area contributed by atoms with Gasteiger partial charge in [0.25, 0.3) is 0 Å². The second kappa shape index (κ2) is 21.9. The van der Waals surface area contributed by atoms with Crippen LogP contribution in [0.4, 0.5) is 0 Å². The molecule has 3 heteroatoms. The van der Waals surface area contributed by atoms with Crippen LogP contribution in [0.3, 0.4) is 0 Å². The Balaban J connectivity index is 3.30. The zero-order valence-corrected chi connectivity index (χ0v) is 18.1. The minimum Gasteiger partial charge on any atom is -0.342 e. The quantitative estimate of drug-likeness (QED) is 0.262. The number of hydrogen-bond donors (Lipinski definition) is 3. The lowest BCUT2D eigenvalue weighted by atomic mass is 10.1. The van der Waals surface area contributed by atoms with Crippen LogP contribution < -0.4 is 15.5 Å². The van der Waals surface area contributed by atoms with E-state index >= 15 is 0 Å². The molecule has 0 aromatic rings. The van der Waals surface area contributed by atoms with Crippen molar-refractivity contribution in [1.29, 1.82) is 0 Å².